The summed E-state index contributed by atoms with van der Waals surface area (Å²) in [4.78, 5) is 11.6. The van der Waals surface area contributed by atoms with Gasteiger partial charge in [0.2, 0.25) is 0 Å². The van der Waals surface area contributed by atoms with Gasteiger partial charge in [0.05, 0.1) is 18.8 Å². The lowest BCUT2D eigenvalue weighted by Gasteiger charge is -2.11. The minimum Gasteiger partial charge on any atom is -0.493 e. The number of ether oxygens (including phenoxy) is 2. The maximum atomic E-state index is 11.6. The van der Waals surface area contributed by atoms with Gasteiger partial charge in [-0.25, -0.2) is 0 Å². The Morgan fingerprint density at radius 1 is 1.39 bits per heavy atom. The Kier molecular flexibility index (Phi) is 6.18. The molecule has 0 saturated carbocycles. The molecule has 0 heterocycles. The molecule has 0 fully saturated rings. The second kappa shape index (κ2) is 7.68. The molecule has 0 radical (unpaired) electrons. The highest BCUT2D eigenvalue weighted by atomic mass is 16.5. The standard InChI is InChI=1S/C13H19NO4/c1-14-13(16)11-5-4-10(9-15)8-12(11)18-7-3-6-17-2/h4-5,8,15H,3,6-7,9H2,1-2H3,(H,14,16). The van der Waals surface area contributed by atoms with Gasteiger partial charge >= 0.3 is 0 Å². The molecule has 5 heteroatoms. The average Bonchev–Trinajstić information content (AvgIpc) is 2.42. The number of rotatable bonds is 7. The molecular weight excluding hydrogens is 234 g/mol. The molecule has 1 amide bonds. The summed E-state index contributed by atoms with van der Waals surface area (Å²) in [6.07, 6.45) is 0.743. The van der Waals surface area contributed by atoms with E-state index in [0.29, 0.717) is 30.1 Å². The first kappa shape index (κ1) is 14.5. The van der Waals surface area contributed by atoms with Crippen molar-refractivity contribution in [2.45, 2.75) is 13.0 Å². The highest BCUT2D eigenvalue weighted by Crippen LogP contribution is 2.21. The Labute approximate surface area is 107 Å². The number of hydrogen-bond acceptors (Lipinski definition) is 4. The van der Waals surface area contributed by atoms with Crippen molar-refractivity contribution in [3.63, 3.8) is 0 Å². The molecule has 18 heavy (non-hydrogen) atoms. The first-order chi connectivity index (χ1) is 8.72. The number of amides is 1. The van der Waals surface area contributed by atoms with Crippen LogP contribution in [0.5, 0.6) is 5.75 Å². The van der Waals surface area contributed by atoms with E-state index in [4.69, 9.17) is 14.6 Å². The van der Waals surface area contributed by atoms with Crippen molar-refractivity contribution < 1.29 is 19.4 Å². The highest BCUT2D eigenvalue weighted by Gasteiger charge is 2.11. The van der Waals surface area contributed by atoms with E-state index in [1.54, 1.807) is 32.4 Å². The van der Waals surface area contributed by atoms with Gasteiger partial charge in [-0.1, -0.05) is 6.07 Å². The van der Waals surface area contributed by atoms with Gasteiger partial charge in [0.15, 0.2) is 0 Å². The Hall–Kier alpha value is -1.59. The van der Waals surface area contributed by atoms with Crippen molar-refractivity contribution in [2.75, 3.05) is 27.4 Å². The van der Waals surface area contributed by atoms with E-state index in [-0.39, 0.29) is 12.5 Å². The van der Waals surface area contributed by atoms with Crippen LogP contribution in [0, 0.1) is 0 Å². The third kappa shape index (κ3) is 4.01. The van der Waals surface area contributed by atoms with Gasteiger partial charge in [-0.2, -0.15) is 0 Å². The topological polar surface area (TPSA) is 67.8 Å². The summed E-state index contributed by atoms with van der Waals surface area (Å²) in [5.41, 5.74) is 1.18. The molecular formula is C13H19NO4. The third-order valence-electron chi connectivity index (χ3n) is 2.45. The van der Waals surface area contributed by atoms with Gasteiger partial charge in [-0.15, -0.1) is 0 Å². The third-order valence-corrected chi connectivity index (χ3v) is 2.45. The summed E-state index contributed by atoms with van der Waals surface area (Å²) in [6.45, 7) is 0.990. The number of methoxy groups -OCH3 is 1. The summed E-state index contributed by atoms with van der Waals surface area (Å²) in [5.74, 6) is 0.276. The summed E-state index contributed by atoms with van der Waals surface area (Å²) in [7, 11) is 3.19. The summed E-state index contributed by atoms with van der Waals surface area (Å²) in [6, 6.07) is 5.03. The van der Waals surface area contributed by atoms with Crippen LogP contribution in [-0.2, 0) is 11.3 Å². The molecule has 0 unspecified atom stereocenters. The predicted octanol–water partition coefficient (Wildman–Crippen LogP) is 0.954. The normalized spacial score (nSPS) is 10.2. The lowest BCUT2D eigenvalue weighted by molar-refractivity contribution is 0.0958. The van der Waals surface area contributed by atoms with Crippen LogP contribution in [0.1, 0.15) is 22.3 Å². The monoisotopic (exact) mass is 253 g/mol. The molecule has 0 atom stereocenters. The number of nitrogens with one attached hydrogen (secondary N) is 1. The van der Waals surface area contributed by atoms with Crippen LogP contribution in [0.25, 0.3) is 0 Å². The quantitative estimate of drug-likeness (QED) is 0.710. The van der Waals surface area contributed by atoms with Crippen LogP contribution < -0.4 is 10.1 Å². The maximum absolute atomic E-state index is 11.6. The van der Waals surface area contributed by atoms with Crippen LogP contribution in [-0.4, -0.2) is 38.4 Å². The van der Waals surface area contributed by atoms with Gasteiger partial charge in [0.25, 0.3) is 5.91 Å². The van der Waals surface area contributed by atoms with Crippen molar-refractivity contribution in [2.24, 2.45) is 0 Å². The summed E-state index contributed by atoms with van der Waals surface area (Å²) < 4.78 is 10.5. The average molecular weight is 253 g/mol. The van der Waals surface area contributed by atoms with Crippen molar-refractivity contribution in [3.8, 4) is 5.75 Å². The SMILES string of the molecule is CNC(=O)c1ccc(CO)cc1OCCCOC. The van der Waals surface area contributed by atoms with Crippen molar-refractivity contribution >= 4 is 5.91 Å². The molecule has 1 aromatic rings. The number of benzene rings is 1. The van der Waals surface area contributed by atoms with E-state index >= 15 is 0 Å². The minimum atomic E-state index is -0.207. The molecule has 1 aromatic carbocycles. The fourth-order valence-electron chi connectivity index (χ4n) is 1.49. The molecule has 100 valence electrons. The number of aliphatic hydroxyl groups excluding tert-OH is 1. The van der Waals surface area contributed by atoms with Gasteiger partial charge in [0.1, 0.15) is 5.75 Å². The Balaban J connectivity index is 2.79. The second-order valence-electron chi connectivity index (χ2n) is 3.76. The smallest absolute Gasteiger partial charge is 0.254 e. The van der Waals surface area contributed by atoms with E-state index in [2.05, 4.69) is 5.32 Å². The Morgan fingerprint density at radius 2 is 2.17 bits per heavy atom. The van der Waals surface area contributed by atoms with E-state index in [0.717, 1.165) is 6.42 Å². The van der Waals surface area contributed by atoms with Gasteiger partial charge in [0, 0.05) is 27.2 Å². The molecule has 0 aliphatic heterocycles. The number of carbonyl (C=O) groups is 1. The predicted molar refractivity (Wildman–Crippen MR) is 67.7 cm³/mol. The van der Waals surface area contributed by atoms with Gasteiger partial charge < -0.3 is 19.9 Å². The zero-order valence-corrected chi connectivity index (χ0v) is 10.7. The molecule has 0 aliphatic carbocycles. The maximum Gasteiger partial charge on any atom is 0.254 e. The van der Waals surface area contributed by atoms with E-state index in [9.17, 15) is 4.79 Å². The van der Waals surface area contributed by atoms with Gasteiger partial charge in [-0.3, -0.25) is 4.79 Å². The van der Waals surface area contributed by atoms with Crippen molar-refractivity contribution in [3.05, 3.63) is 29.3 Å². The van der Waals surface area contributed by atoms with Crippen LogP contribution in [0.3, 0.4) is 0 Å². The molecule has 0 spiro atoms. The largest absolute Gasteiger partial charge is 0.493 e. The zero-order valence-electron chi connectivity index (χ0n) is 10.7. The minimum absolute atomic E-state index is 0.0809. The summed E-state index contributed by atoms with van der Waals surface area (Å²) in [5, 5.41) is 11.6. The lowest BCUT2D eigenvalue weighted by atomic mass is 10.1. The van der Waals surface area contributed by atoms with E-state index in [1.807, 2.05) is 0 Å². The molecule has 2 N–H and O–H groups in total. The van der Waals surface area contributed by atoms with E-state index < -0.39 is 0 Å². The molecule has 1 rings (SSSR count). The number of carbonyl (C=O) groups excluding carboxylic acids is 1. The van der Waals surface area contributed by atoms with Crippen LogP contribution in [0.4, 0.5) is 0 Å². The molecule has 5 nitrogen and oxygen atoms in total. The van der Waals surface area contributed by atoms with Gasteiger partial charge in [-0.05, 0) is 17.7 Å². The second-order valence-corrected chi connectivity index (χ2v) is 3.76. The van der Waals surface area contributed by atoms with Crippen LogP contribution in [0.15, 0.2) is 18.2 Å². The van der Waals surface area contributed by atoms with Crippen molar-refractivity contribution in [1.29, 1.82) is 0 Å². The zero-order chi connectivity index (χ0) is 13.4. The number of hydrogen-bond donors (Lipinski definition) is 2. The fourth-order valence-corrected chi connectivity index (χ4v) is 1.49. The van der Waals surface area contributed by atoms with Crippen LogP contribution in [0.2, 0.25) is 0 Å². The van der Waals surface area contributed by atoms with Crippen molar-refractivity contribution in [1.82, 2.24) is 5.32 Å². The Bertz CT molecular complexity index is 393. The fraction of sp³-hybridized carbons (Fsp3) is 0.462. The lowest BCUT2D eigenvalue weighted by Crippen LogP contribution is -2.19. The van der Waals surface area contributed by atoms with E-state index in [1.165, 1.54) is 0 Å². The molecule has 0 aliphatic rings. The molecule has 0 bridgehead atoms. The summed E-state index contributed by atoms with van der Waals surface area (Å²) >= 11 is 0. The molecule has 0 saturated heterocycles. The van der Waals surface area contributed by atoms with Crippen LogP contribution >= 0.6 is 0 Å². The first-order valence-corrected chi connectivity index (χ1v) is 5.80. The Morgan fingerprint density at radius 3 is 2.78 bits per heavy atom. The first-order valence-electron chi connectivity index (χ1n) is 5.80. The molecule has 0 aromatic heterocycles. The highest BCUT2D eigenvalue weighted by molar-refractivity contribution is 5.96. The number of aliphatic hydroxyl groups is 1.